The zero-order chi connectivity index (χ0) is 12.1. The third kappa shape index (κ3) is 3.25. The smallest absolute Gasteiger partial charge is 0.232 e. The molecular weight excluding hydrogens is 236 g/mol. The molecule has 0 saturated heterocycles. The van der Waals surface area contributed by atoms with Gasteiger partial charge in [-0.1, -0.05) is 6.07 Å². The first-order chi connectivity index (χ1) is 8.25. The summed E-state index contributed by atoms with van der Waals surface area (Å²) in [6.07, 6.45) is 3.77. The highest BCUT2D eigenvalue weighted by Gasteiger charge is 2.01. The molecule has 0 saturated carbocycles. The van der Waals surface area contributed by atoms with Gasteiger partial charge in [0, 0.05) is 11.3 Å². The largest absolute Gasteiger partial charge is 0.476 e. The Bertz CT molecular complexity index is 481. The molecule has 0 bridgehead atoms. The van der Waals surface area contributed by atoms with E-state index >= 15 is 0 Å². The van der Waals surface area contributed by atoms with Gasteiger partial charge < -0.3 is 10.5 Å². The number of aromatic nitrogens is 2. The number of ether oxygens (including phenoxy) is 1. The lowest BCUT2D eigenvalue weighted by atomic mass is 10.4. The van der Waals surface area contributed by atoms with Crippen LogP contribution in [0.15, 0.2) is 29.9 Å². The van der Waals surface area contributed by atoms with Gasteiger partial charge in [0.25, 0.3) is 0 Å². The van der Waals surface area contributed by atoms with Crippen LogP contribution in [0, 0.1) is 5.41 Å². The first kappa shape index (κ1) is 11.5. The Labute approximate surface area is 103 Å². The van der Waals surface area contributed by atoms with Gasteiger partial charge in [-0.3, -0.25) is 5.41 Å². The van der Waals surface area contributed by atoms with Crippen molar-refractivity contribution in [2.45, 2.75) is 6.42 Å². The quantitative estimate of drug-likeness (QED) is 0.619. The molecule has 0 unspecified atom stereocenters. The van der Waals surface area contributed by atoms with Crippen molar-refractivity contribution in [3.63, 3.8) is 0 Å². The molecule has 2 heterocycles. The molecular formula is C11H12N4OS. The Kier molecular flexibility index (Phi) is 3.66. The number of thiophene rings is 1. The third-order valence-corrected chi connectivity index (χ3v) is 3.02. The van der Waals surface area contributed by atoms with E-state index in [1.807, 2.05) is 11.4 Å². The molecule has 0 atom stereocenters. The molecule has 0 radical (unpaired) electrons. The molecule has 2 aromatic rings. The van der Waals surface area contributed by atoms with Crippen molar-refractivity contribution in [3.05, 3.63) is 40.5 Å². The van der Waals surface area contributed by atoms with Crippen LogP contribution in [0.4, 0.5) is 0 Å². The Morgan fingerprint density at radius 2 is 2.29 bits per heavy atom. The van der Waals surface area contributed by atoms with Crippen LogP contribution in [-0.4, -0.2) is 22.4 Å². The van der Waals surface area contributed by atoms with Crippen LogP contribution in [0.2, 0.25) is 0 Å². The second-order valence-corrected chi connectivity index (χ2v) is 4.36. The molecule has 5 nitrogen and oxygen atoms in total. The van der Waals surface area contributed by atoms with Crippen molar-refractivity contribution < 1.29 is 4.74 Å². The summed E-state index contributed by atoms with van der Waals surface area (Å²) in [5.41, 5.74) is 5.63. The Morgan fingerprint density at radius 1 is 1.41 bits per heavy atom. The fraction of sp³-hybridized carbons (Fsp3) is 0.182. The van der Waals surface area contributed by atoms with E-state index in [-0.39, 0.29) is 5.84 Å². The Balaban J connectivity index is 1.85. The zero-order valence-corrected chi connectivity index (χ0v) is 9.91. The van der Waals surface area contributed by atoms with Gasteiger partial charge >= 0.3 is 0 Å². The normalized spacial score (nSPS) is 10.1. The van der Waals surface area contributed by atoms with Gasteiger partial charge in [-0.05, 0) is 11.4 Å². The lowest BCUT2D eigenvalue weighted by Crippen LogP contribution is -2.13. The molecule has 0 amide bonds. The maximum absolute atomic E-state index is 7.17. The molecule has 2 aromatic heterocycles. The Hall–Kier alpha value is -1.95. The molecule has 88 valence electrons. The molecule has 0 fully saturated rings. The van der Waals surface area contributed by atoms with Gasteiger partial charge in [-0.2, -0.15) is 0 Å². The number of amidine groups is 1. The number of nitrogens with one attached hydrogen (secondary N) is 1. The second kappa shape index (κ2) is 5.40. The minimum atomic E-state index is -0.0948. The molecule has 0 spiro atoms. The number of hydrogen-bond acceptors (Lipinski definition) is 5. The summed E-state index contributed by atoms with van der Waals surface area (Å²) in [5.74, 6) is 0.356. The standard InChI is InChI=1S/C11H12N4OS/c12-11(13)9-6-15-10(7-14-9)16-4-3-8-2-1-5-17-8/h1-2,5-7H,3-4H2,(H3,12,13). The fourth-order valence-electron chi connectivity index (χ4n) is 1.24. The SMILES string of the molecule is N=C(N)c1cnc(OCCc2cccs2)cn1. The predicted octanol–water partition coefficient (Wildman–Crippen LogP) is 1.44. The maximum Gasteiger partial charge on any atom is 0.232 e. The fourth-order valence-corrected chi connectivity index (χ4v) is 1.93. The highest BCUT2D eigenvalue weighted by atomic mass is 32.1. The van der Waals surface area contributed by atoms with Crippen LogP contribution in [0.1, 0.15) is 10.6 Å². The van der Waals surface area contributed by atoms with E-state index in [1.54, 1.807) is 11.3 Å². The molecule has 6 heteroatoms. The highest BCUT2D eigenvalue weighted by molar-refractivity contribution is 7.09. The Morgan fingerprint density at radius 3 is 2.88 bits per heavy atom. The molecule has 0 aliphatic rings. The van der Waals surface area contributed by atoms with Gasteiger partial charge in [0.2, 0.25) is 5.88 Å². The third-order valence-electron chi connectivity index (χ3n) is 2.08. The summed E-state index contributed by atoms with van der Waals surface area (Å²) in [7, 11) is 0. The van der Waals surface area contributed by atoms with Crippen molar-refractivity contribution in [3.8, 4) is 5.88 Å². The number of hydrogen-bond donors (Lipinski definition) is 2. The number of nitrogens with two attached hydrogens (primary N) is 1. The van der Waals surface area contributed by atoms with Gasteiger partial charge in [-0.25, -0.2) is 9.97 Å². The van der Waals surface area contributed by atoms with E-state index in [1.165, 1.54) is 17.3 Å². The summed E-state index contributed by atoms with van der Waals surface area (Å²) >= 11 is 1.70. The van der Waals surface area contributed by atoms with Crippen LogP contribution in [-0.2, 0) is 6.42 Å². The van der Waals surface area contributed by atoms with Crippen molar-refractivity contribution in [2.24, 2.45) is 5.73 Å². The predicted molar refractivity (Wildman–Crippen MR) is 66.6 cm³/mol. The van der Waals surface area contributed by atoms with Crippen LogP contribution in [0.5, 0.6) is 5.88 Å². The molecule has 3 N–H and O–H groups in total. The lowest BCUT2D eigenvalue weighted by molar-refractivity contribution is 0.309. The molecule has 0 aromatic carbocycles. The number of rotatable bonds is 5. The summed E-state index contributed by atoms with van der Waals surface area (Å²) < 4.78 is 5.44. The van der Waals surface area contributed by atoms with E-state index in [0.29, 0.717) is 18.2 Å². The average molecular weight is 248 g/mol. The molecule has 0 aliphatic heterocycles. The minimum Gasteiger partial charge on any atom is -0.476 e. The summed E-state index contributed by atoms with van der Waals surface area (Å²) in [4.78, 5) is 9.25. The van der Waals surface area contributed by atoms with Gasteiger partial charge in [-0.15, -0.1) is 11.3 Å². The second-order valence-electron chi connectivity index (χ2n) is 3.33. The van der Waals surface area contributed by atoms with Gasteiger partial charge in [0.1, 0.15) is 11.5 Å². The highest BCUT2D eigenvalue weighted by Crippen LogP contribution is 2.10. The zero-order valence-electron chi connectivity index (χ0n) is 9.09. The number of nitrogens with zero attached hydrogens (tertiary/aromatic N) is 2. The van der Waals surface area contributed by atoms with Gasteiger partial charge in [0.15, 0.2) is 0 Å². The van der Waals surface area contributed by atoms with Crippen molar-refractivity contribution in [1.29, 1.82) is 5.41 Å². The van der Waals surface area contributed by atoms with Crippen LogP contribution in [0.3, 0.4) is 0 Å². The van der Waals surface area contributed by atoms with E-state index < -0.39 is 0 Å². The van der Waals surface area contributed by atoms with Crippen molar-refractivity contribution in [1.82, 2.24) is 9.97 Å². The molecule has 0 aliphatic carbocycles. The minimum absolute atomic E-state index is 0.0948. The summed E-state index contributed by atoms with van der Waals surface area (Å²) in [5, 5.41) is 9.21. The lowest BCUT2D eigenvalue weighted by Gasteiger charge is -2.04. The van der Waals surface area contributed by atoms with E-state index in [4.69, 9.17) is 15.9 Å². The van der Waals surface area contributed by atoms with E-state index in [9.17, 15) is 0 Å². The molecule has 17 heavy (non-hydrogen) atoms. The molecule has 2 rings (SSSR count). The van der Waals surface area contributed by atoms with Crippen LogP contribution < -0.4 is 10.5 Å². The maximum atomic E-state index is 7.17. The van der Waals surface area contributed by atoms with E-state index in [0.717, 1.165) is 6.42 Å². The monoisotopic (exact) mass is 248 g/mol. The van der Waals surface area contributed by atoms with E-state index in [2.05, 4.69) is 16.0 Å². The average Bonchev–Trinajstić information content (AvgIpc) is 2.83. The summed E-state index contributed by atoms with van der Waals surface area (Å²) in [6.45, 7) is 0.564. The van der Waals surface area contributed by atoms with Crippen LogP contribution in [0.25, 0.3) is 0 Å². The first-order valence-electron chi connectivity index (χ1n) is 5.07. The topological polar surface area (TPSA) is 84.9 Å². The van der Waals surface area contributed by atoms with Gasteiger partial charge in [0.05, 0.1) is 19.0 Å². The number of nitrogen functional groups attached to an aromatic ring is 1. The van der Waals surface area contributed by atoms with Crippen molar-refractivity contribution in [2.75, 3.05) is 6.61 Å². The summed E-state index contributed by atoms with van der Waals surface area (Å²) in [6, 6.07) is 4.08. The van der Waals surface area contributed by atoms with Crippen LogP contribution >= 0.6 is 11.3 Å². The van der Waals surface area contributed by atoms with Crippen molar-refractivity contribution >= 4 is 17.2 Å². The first-order valence-corrected chi connectivity index (χ1v) is 5.95.